The molecule has 2 aliphatic rings. The van der Waals surface area contributed by atoms with Crippen molar-refractivity contribution in [1.29, 1.82) is 0 Å². The summed E-state index contributed by atoms with van der Waals surface area (Å²) in [5.41, 5.74) is 1.52. The zero-order valence-electron chi connectivity index (χ0n) is 10.4. The molecule has 2 rings (SSSR count). The Morgan fingerprint density at radius 1 is 1.62 bits per heavy atom. The summed E-state index contributed by atoms with van der Waals surface area (Å²) in [5, 5.41) is 18.9. The van der Waals surface area contributed by atoms with E-state index in [4.69, 9.17) is 0 Å². The number of likely N-dealkylation sites (N-methyl/N-ethyl adjacent to an activating group) is 1. The normalized spacial score (nSPS) is 33.9. The van der Waals surface area contributed by atoms with Gasteiger partial charge in [-0.3, -0.25) is 0 Å². The summed E-state index contributed by atoms with van der Waals surface area (Å²) in [6, 6.07) is 0.853. The van der Waals surface area contributed by atoms with Crippen LogP contribution in [0.3, 0.4) is 0 Å². The second-order valence-corrected chi connectivity index (χ2v) is 5.33. The van der Waals surface area contributed by atoms with Gasteiger partial charge in [-0.25, -0.2) is 0 Å². The van der Waals surface area contributed by atoms with E-state index in [1.807, 2.05) is 0 Å². The van der Waals surface area contributed by atoms with E-state index in [1.165, 1.54) is 19.9 Å². The summed E-state index contributed by atoms with van der Waals surface area (Å²) in [6.45, 7) is 5.37. The third kappa shape index (κ3) is 2.33. The minimum atomic E-state index is 0.323. The van der Waals surface area contributed by atoms with Crippen LogP contribution in [0.1, 0.15) is 33.1 Å². The number of nitrogens with one attached hydrogen (secondary N) is 2. The van der Waals surface area contributed by atoms with Crippen molar-refractivity contribution < 1.29 is 0 Å². The zero-order chi connectivity index (χ0) is 11.8. The standard InChI is InChI=1S/C12H22N3O/c1-4-13-9-7-11(12(2)5-6-12)14-10(9)8-15(3)16/h8-9,11,13-14H,4-7H2,1-3H3/q-1/b10-8-/t9-,11+/m1/s1. The van der Waals surface area contributed by atoms with Crippen LogP contribution in [-0.4, -0.2) is 30.7 Å². The van der Waals surface area contributed by atoms with Gasteiger partial charge in [-0.05, 0) is 38.3 Å². The minimum absolute atomic E-state index is 0.323. The molecule has 2 fully saturated rings. The lowest BCUT2D eigenvalue weighted by atomic mass is 9.96. The predicted molar refractivity (Wildman–Crippen MR) is 65.6 cm³/mol. The second-order valence-electron chi connectivity index (χ2n) is 5.33. The Morgan fingerprint density at radius 3 is 2.81 bits per heavy atom. The van der Waals surface area contributed by atoms with E-state index in [2.05, 4.69) is 24.5 Å². The third-order valence-electron chi connectivity index (χ3n) is 3.84. The molecule has 0 spiro atoms. The third-order valence-corrected chi connectivity index (χ3v) is 3.84. The Morgan fingerprint density at radius 2 is 2.31 bits per heavy atom. The van der Waals surface area contributed by atoms with Gasteiger partial charge in [-0.15, -0.1) is 0 Å². The summed E-state index contributed by atoms with van der Waals surface area (Å²) in [6.07, 6.45) is 5.39. The van der Waals surface area contributed by atoms with E-state index in [1.54, 1.807) is 6.20 Å². The number of hydroxylamine groups is 2. The van der Waals surface area contributed by atoms with Gasteiger partial charge in [-0.1, -0.05) is 13.8 Å². The molecule has 1 aliphatic carbocycles. The van der Waals surface area contributed by atoms with Crippen LogP contribution in [0.4, 0.5) is 0 Å². The highest BCUT2D eigenvalue weighted by atomic mass is 16.5. The Kier molecular flexibility index (Phi) is 3.13. The highest BCUT2D eigenvalue weighted by Crippen LogP contribution is 2.51. The maximum Gasteiger partial charge on any atom is 0.0503 e. The second kappa shape index (κ2) is 4.26. The van der Waals surface area contributed by atoms with Gasteiger partial charge in [0.15, 0.2) is 0 Å². The van der Waals surface area contributed by atoms with Crippen molar-refractivity contribution in [1.82, 2.24) is 15.7 Å². The molecule has 1 saturated carbocycles. The Bertz CT molecular complexity index is 284. The Balaban J connectivity index is 2.05. The van der Waals surface area contributed by atoms with Crippen LogP contribution in [0.15, 0.2) is 11.9 Å². The Labute approximate surface area is 97.7 Å². The topological polar surface area (TPSA) is 50.4 Å². The van der Waals surface area contributed by atoms with Gasteiger partial charge < -0.3 is 20.9 Å². The van der Waals surface area contributed by atoms with Gasteiger partial charge in [0.05, 0.1) is 6.04 Å². The highest BCUT2D eigenvalue weighted by Gasteiger charge is 2.48. The molecule has 2 N–H and O–H groups in total. The van der Waals surface area contributed by atoms with Crippen LogP contribution < -0.4 is 10.6 Å². The molecule has 0 unspecified atom stereocenters. The summed E-state index contributed by atoms with van der Waals surface area (Å²) in [5.74, 6) is 0. The van der Waals surface area contributed by atoms with Crippen LogP contribution in [0, 0.1) is 10.6 Å². The lowest BCUT2D eigenvalue weighted by Gasteiger charge is -2.23. The summed E-state index contributed by atoms with van der Waals surface area (Å²) >= 11 is 0. The van der Waals surface area contributed by atoms with E-state index >= 15 is 0 Å². The molecule has 16 heavy (non-hydrogen) atoms. The fraction of sp³-hybridized carbons (Fsp3) is 0.833. The molecule has 1 saturated heterocycles. The minimum Gasteiger partial charge on any atom is -0.759 e. The van der Waals surface area contributed by atoms with E-state index < -0.39 is 0 Å². The van der Waals surface area contributed by atoms with Crippen molar-refractivity contribution in [2.45, 2.75) is 45.2 Å². The molecule has 0 aromatic carbocycles. The summed E-state index contributed by atoms with van der Waals surface area (Å²) in [7, 11) is 1.53. The van der Waals surface area contributed by atoms with Crippen LogP contribution in [0.2, 0.25) is 0 Å². The zero-order valence-corrected chi connectivity index (χ0v) is 10.4. The van der Waals surface area contributed by atoms with Crippen molar-refractivity contribution in [3.8, 4) is 0 Å². The van der Waals surface area contributed by atoms with Gasteiger partial charge in [0.1, 0.15) is 0 Å². The number of hydrogen-bond acceptors (Lipinski definition) is 4. The summed E-state index contributed by atoms with van der Waals surface area (Å²) in [4.78, 5) is 0. The molecule has 2 atom stereocenters. The van der Waals surface area contributed by atoms with Crippen molar-refractivity contribution in [3.63, 3.8) is 0 Å². The van der Waals surface area contributed by atoms with Crippen molar-refractivity contribution >= 4 is 0 Å². The van der Waals surface area contributed by atoms with Gasteiger partial charge in [-0.2, -0.15) is 0 Å². The molecular formula is C12H22N3O-. The van der Waals surface area contributed by atoms with E-state index in [0.29, 0.717) is 17.5 Å². The van der Waals surface area contributed by atoms with Gasteiger partial charge in [0, 0.05) is 17.9 Å². The van der Waals surface area contributed by atoms with E-state index in [-0.39, 0.29) is 0 Å². The van der Waals surface area contributed by atoms with Gasteiger partial charge >= 0.3 is 0 Å². The SMILES string of the molecule is CCN[C@@H]1C[C@@H](C2(C)CC2)N/C1=C\N(C)[O-]. The molecule has 4 nitrogen and oxygen atoms in total. The molecule has 0 aromatic rings. The van der Waals surface area contributed by atoms with Crippen molar-refractivity contribution in [2.75, 3.05) is 13.6 Å². The van der Waals surface area contributed by atoms with Crippen molar-refractivity contribution in [2.24, 2.45) is 5.41 Å². The smallest absolute Gasteiger partial charge is 0.0503 e. The van der Waals surface area contributed by atoms with Crippen LogP contribution in [-0.2, 0) is 0 Å². The van der Waals surface area contributed by atoms with Gasteiger partial charge in [0.25, 0.3) is 0 Å². The molecule has 4 heteroatoms. The molecular weight excluding hydrogens is 202 g/mol. The van der Waals surface area contributed by atoms with E-state index in [0.717, 1.165) is 23.7 Å². The molecule has 0 radical (unpaired) electrons. The molecule has 0 bridgehead atoms. The molecule has 1 aliphatic heterocycles. The molecule has 0 aromatic heterocycles. The quantitative estimate of drug-likeness (QED) is 0.709. The maximum absolute atomic E-state index is 11.1. The van der Waals surface area contributed by atoms with Crippen LogP contribution in [0.25, 0.3) is 0 Å². The van der Waals surface area contributed by atoms with Crippen LogP contribution in [0.5, 0.6) is 0 Å². The van der Waals surface area contributed by atoms with Crippen molar-refractivity contribution in [3.05, 3.63) is 17.1 Å². The fourth-order valence-corrected chi connectivity index (χ4v) is 2.49. The molecule has 1 heterocycles. The Hall–Kier alpha value is -0.740. The lowest BCUT2D eigenvalue weighted by molar-refractivity contribution is 0.393. The largest absolute Gasteiger partial charge is 0.759 e. The number of rotatable bonds is 4. The summed E-state index contributed by atoms with van der Waals surface area (Å²) < 4.78 is 0. The van der Waals surface area contributed by atoms with Gasteiger partial charge in [0.2, 0.25) is 0 Å². The first kappa shape index (κ1) is 11.7. The monoisotopic (exact) mass is 224 g/mol. The molecule has 92 valence electrons. The average Bonchev–Trinajstić information content (AvgIpc) is 2.82. The highest BCUT2D eigenvalue weighted by molar-refractivity contribution is 5.20. The number of nitrogens with zero attached hydrogens (tertiary/aromatic N) is 1. The molecule has 0 amide bonds. The first-order valence-electron chi connectivity index (χ1n) is 6.17. The fourth-order valence-electron chi connectivity index (χ4n) is 2.49. The lowest BCUT2D eigenvalue weighted by Crippen LogP contribution is -2.30. The first-order chi connectivity index (χ1) is 7.55. The van der Waals surface area contributed by atoms with Crippen LogP contribution >= 0.6 is 0 Å². The number of hydrogen-bond donors (Lipinski definition) is 2. The average molecular weight is 224 g/mol. The first-order valence-corrected chi connectivity index (χ1v) is 6.17. The van der Waals surface area contributed by atoms with E-state index in [9.17, 15) is 5.21 Å². The maximum atomic E-state index is 11.1. The predicted octanol–water partition coefficient (Wildman–Crippen LogP) is 1.40.